The third-order valence-electron chi connectivity index (χ3n) is 4.01. The minimum absolute atomic E-state index is 0.0879. The quantitative estimate of drug-likeness (QED) is 0.819. The lowest BCUT2D eigenvalue weighted by atomic mass is 9.99. The first-order chi connectivity index (χ1) is 11.6. The molecule has 0 aliphatic carbocycles. The van der Waals surface area contributed by atoms with Gasteiger partial charge in [0, 0.05) is 13.6 Å². The van der Waals surface area contributed by atoms with Crippen molar-refractivity contribution in [2.45, 2.75) is 31.9 Å². The van der Waals surface area contributed by atoms with E-state index in [0.717, 1.165) is 12.0 Å². The summed E-state index contributed by atoms with van der Waals surface area (Å²) < 4.78 is 0. The molecule has 2 N–H and O–H groups in total. The SMILES string of the molecule is CC(O)CCN(C)C(=O)NC(Cc1ccccc1)c1ccccc1. The van der Waals surface area contributed by atoms with E-state index < -0.39 is 6.10 Å². The standard InChI is InChI=1S/C20H26N2O2/c1-16(23)13-14-22(2)20(24)21-19(18-11-7-4-8-12-18)15-17-9-5-3-6-10-17/h3-12,16,19,23H,13-15H2,1-2H3,(H,21,24). The van der Waals surface area contributed by atoms with Gasteiger partial charge in [-0.15, -0.1) is 0 Å². The van der Waals surface area contributed by atoms with Gasteiger partial charge in [0.25, 0.3) is 0 Å². The number of benzene rings is 2. The minimum Gasteiger partial charge on any atom is -0.393 e. The van der Waals surface area contributed by atoms with E-state index in [-0.39, 0.29) is 12.1 Å². The molecule has 0 radical (unpaired) electrons. The Morgan fingerprint density at radius 1 is 1.08 bits per heavy atom. The average molecular weight is 326 g/mol. The summed E-state index contributed by atoms with van der Waals surface area (Å²) in [5, 5.41) is 12.5. The topological polar surface area (TPSA) is 52.6 Å². The zero-order valence-electron chi connectivity index (χ0n) is 14.4. The molecule has 4 heteroatoms. The highest BCUT2D eigenvalue weighted by molar-refractivity contribution is 5.74. The highest BCUT2D eigenvalue weighted by Crippen LogP contribution is 2.18. The second-order valence-electron chi connectivity index (χ2n) is 6.16. The molecule has 2 aromatic carbocycles. The second-order valence-corrected chi connectivity index (χ2v) is 6.16. The molecule has 24 heavy (non-hydrogen) atoms. The summed E-state index contributed by atoms with van der Waals surface area (Å²) in [5.74, 6) is 0. The first-order valence-corrected chi connectivity index (χ1v) is 8.35. The van der Waals surface area contributed by atoms with Crippen LogP contribution in [-0.2, 0) is 6.42 Å². The zero-order chi connectivity index (χ0) is 17.4. The van der Waals surface area contributed by atoms with Gasteiger partial charge in [-0.25, -0.2) is 4.79 Å². The van der Waals surface area contributed by atoms with Gasteiger partial charge in [0.05, 0.1) is 12.1 Å². The number of nitrogens with one attached hydrogen (secondary N) is 1. The molecule has 2 unspecified atom stereocenters. The van der Waals surface area contributed by atoms with Crippen LogP contribution in [-0.4, -0.2) is 35.7 Å². The molecule has 0 saturated heterocycles. The Bertz CT molecular complexity index is 614. The Balaban J connectivity index is 2.07. The largest absolute Gasteiger partial charge is 0.393 e. The second kappa shape index (κ2) is 9.08. The van der Waals surface area contributed by atoms with Crippen LogP contribution in [0.3, 0.4) is 0 Å². The molecular weight excluding hydrogens is 300 g/mol. The lowest BCUT2D eigenvalue weighted by Gasteiger charge is -2.24. The van der Waals surface area contributed by atoms with Crippen LogP contribution in [0.1, 0.15) is 30.5 Å². The van der Waals surface area contributed by atoms with Crippen LogP contribution in [0.4, 0.5) is 4.79 Å². The number of aliphatic hydroxyl groups excluding tert-OH is 1. The van der Waals surface area contributed by atoms with Crippen molar-refractivity contribution in [1.82, 2.24) is 10.2 Å². The predicted molar refractivity (Wildman–Crippen MR) is 96.8 cm³/mol. The van der Waals surface area contributed by atoms with Crippen LogP contribution in [0.25, 0.3) is 0 Å². The molecule has 4 nitrogen and oxygen atoms in total. The molecule has 0 aliphatic heterocycles. The fourth-order valence-corrected chi connectivity index (χ4v) is 2.53. The Hall–Kier alpha value is -2.33. The molecule has 0 spiro atoms. The third kappa shape index (κ3) is 5.70. The molecule has 0 aliphatic rings. The Morgan fingerprint density at radius 3 is 2.25 bits per heavy atom. The number of rotatable bonds is 7. The van der Waals surface area contributed by atoms with Crippen molar-refractivity contribution < 1.29 is 9.90 Å². The van der Waals surface area contributed by atoms with E-state index in [4.69, 9.17) is 0 Å². The Kier molecular flexibility index (Phi) is 6.82. The van der Waals surface area contributed by atoms with E-state index >= 15 is 0 Å². The van der Waals surface area contributed by atoms with Gasteiger partial charge in [0.15, 0.2) is 0 Å². The smallest absolute Gasteiger partial charge is 0.317 e. The van der Waals surface area contributed by atoms with Crippen molar-refractivity contribution in [1.29, 1.82) is 0 Å². The molecule has 0 aromatic heterocycles. The van der Waals surface area contributed by atoms with E-state index in [1.807, 2.05) is 48.5 Å². The summed E-state index contributed by atoms with van der Waals surface area (Å²) in [5.41, 5.74) is 2.26. The first-order valence-electron chi connectivity index (χ1n) is 8.35. The fourth-order valence-electron chi connectivity index (χ4n) is 2.53. The van der Waals surface area contributed by atoms with E-state index in [1.165, 1.54) is 5.56 Å². The van der Waals surface area contributed by atoms with Crippen molar-refractivity contribution in [2.24, 2.45) is 0 Å². The third-order valence-corrected chi connectivity index (χ3v) is 4.01. The summed E-state index contributed by atoms with van der Waals surface area (Å²) >= 11 is 0. The lowest BCUT2D eigenvalue weighted by molar-refractivity contribution is 0.162. The maximum atomic E-state index is 12.5. The van der Waals surface area contributed by atoms with Crippen molar-refractivity contribution in [3.63, 3.8) is 0 Å². The maximum Gasteiger partial charge on any atom is 0.317 e. The molecule has 2 atom stereocenters. The normalized spacial score (nSPS) is 13.1. The maximum absolute atomic E-state index is 12.5. The van der Waals surface area contributed by atoms with Crippen LogP contribution in [0.5, 0.6) is 0 Å². The van der Waals surface area contributed by atoms with Gasteiger partial charge in [-0.3, -0.25) is 0 Å². The van der Waals surface area contributed by atoms with Crippen molar-refractivity contribution in [3.05, 3.63) is 71.8 Å². The number of aliphatic hydroxyl groups is 1. The minimum atomic E-state index is -0.408. The number of nitrogens with zero attached hydrogens (tertiary/aromatic N) is 1. The number of hydrogen-bond donors (Lipinski definition) is 2. The molecule has 2 amide bonds. The number of carbonyl (C=O) groups excluding carboxylic acids is 1. The predicted octanol–water partition coefficient (Wildman–Crippen LogP) is 3.38. The van der Waals surface area contributed by atoms with Gasteiger partial charge < -0.3 is 15.3 Å². The average Bonchev–Trinajstić information content (AvgIpc) is 2.60. The van der Waals surface area contributed by atoms with Crippen molar-refractivity contribution in [3.8, 4) is 0 Å². The number of amides is 2. The summed E-state index contributed by atoms with van der Waals surface area (Å²) in [6.45, 7) is 2.25. The van der Waals surface area contributed by atoms with Crippen LogP contribution in [0, 0.1) is 0 Å². The highest BCUT2D eigenvalue weighted by atomic mass is 16.3. The van der Waals surface area contributed by atoms with E-state index in [2.05, 4.69) is 17.4 Å². The van der Waals surface area contributed by atoms with Crippen LogP contribution >= 0.6 is 0 Å². The van der Waals surface area contributed by atoms with Gasteiger partial charge >= 0.3 is 6.03 Å². The fraction of sp³-hybridized carbons (Fsp3) is 0.350. The number of hydrogen-bond acceptors (Lipinski definition) is 2. The molecule has 128 valence electrons. The van der Waals surface area contributed by atoms with E-state index in [9.17, 15) is 9.90 Å². The van der Waals surface area contributed by atoms with Crippen molar-refractivity contribution >= 4 is 6.03 Å². The first kappa shape index (κ1) is 18.0. The van der Waals surface area contributed by atoms with Gasteiger partial charge in [0.1, 0.15) is 0 Å². The number of urea groups is 1. The highest BCUT2D eigenvalue weighted by Gasteiger charge is 2.17. The summed E-state index contributed by atoms with van der Waals surface area (Å²) in [6, 6.07) is 19.9. The van der Waals surface area contributed by atoms with E-state index in [0.29, 0.717) is 13.0 Å². The number of carbonyl (C=O) groups is 1. The molecular formula is C20H26N2O2. The Labute approximate surface area is 144 Å². The molecule has 0 bridgehead atoms. The van der Waals surface area contributed by atoms with Gasteiger partial charge in [-0.1, -0.05) is 60.7 Å². The zero-order valence-corrected chi connectivity index (χ0v) is 14.4. The van der Waals surface area contributed by atoms with Crippen LogP contribution in [0.15, 0.2) is 60.7 Å². The van der Waals surface area contributed by atoms with Crippen LogP contribution < -0.4 is 5.32 Å². The summed E-state index contributed by atoms with van der Waals surface area (Å²) in [7, 11) is 1.75. The monoisotopic (exact) mass is 326 g/mol. The summed E-state index contributed by atoms with van der Waals surface area (Å²) in [6.07, 6.45) is 0.897. The lowest BCUT2D eigenvalue weighted by Crippen LogP contribution is -2.41. The Morgan fingerprint density at radius 2 is 1.67 bits per heavy atom. The van der Waals surface area contributed by atoms with Crippen LogP contribution in [0.2, 0.25) is 0 Å². The summed E-state index contributed by atoms with van der Waals surface area (Å²) in [4.78, 5) is 14.1. The molecule has 0 heterocycles. The van der Waals surface area contributed by atoms with Gasteiger partial charge in [0.2, 0.25) is 0 Å². The molecule has 2 aromatic rings. The van der Waals surface area contributed by atoms with Gasteiger partial charge in [-0.2, -0.15) is 0 Å². The molecule has 0 saturated carbocycles. The van der Waals surface area contributed by atoms with E-state index in [1.54, 1.807) is 18.9 Å². The van der Waals surface area contributed by atoms with Gasteiger partial charge in [-0.05, 0) is 30.9 Å². The molecule has 0 fully saturated rings. The van der Waals surface area contributed by atoms with Crippen molar-refractivity contribution in [2.75, 3.05) is 13.6 Å². The molecule has 2 rings (SSSR count).